The summed E-state index contributed by atoms with van der Waals surface area (Å²) in [5.74, 6) is 0. The summed E-state index contributed by atoms with van der Waals surface area (Å²) in [7, 11) is 1.94. The van der Waals surface area contributed by atoms with Crippen molar-refractivity contribution in [1.82, 2.24) is 5.32 Å². The number of benzene rings is 1. The molecule has 25 heavy (non-hydrogen) atoms. The standard InChI is InChI=1S/C20H26F3NO/c1-24-15-7-3-6-10-19(16-8-4-2-5-9-16)25-18-13-11-17(12-14-18)20(21,22)23/h2,4-5,8-9,11-13,18-19,24H,3,6-7,10,14-15H2,1H3. The molecule has 1 aliphatic rings. The predicted molar refractivity (Wildman–Crippen MR) is 94.3 cm³/mol. The Kier molecular flexibility index (Phi) is 7.72. The van der Waals surface area contributed by atoms with E-state index in [1.54, 1.807) is 0 Å². The summed E-state index contributed by atoms with van der Waals surface area (Å²) in [4.78, 5) is 0. The molecule has 0 aromatic heterocycles. The van der Waals surface area contributed by atoms with Crippen LogP contribution in [0.2, 0.25) is 0 Å². The van der Waals surface area contributed by atoms with Crippen LogP contribution in [0.1, 0.15) is 43.8 Å². The van der Waals surface area contributed by atoms with E-state index < -0.39 is 11.7 Å². The molecule has 0 heterocycles. The fourth-order valence-electron chi connectivity index (χ4n) is 2.91. The lowest BCUT2D eigenvalue weighted by atomic mass is 10.0. The minimum atomic E-state index is -4.28. The number of halogens is 3. The van der Waals surface area contributed by atoms with E-state index in [-0.39, 0.29) is 18.6 Å². The number of ether oxygens (including phenoxy) is 1. The van der Waals surface area contributed by atoms with Gasteiger partial charge in [-0.25, -0.2) is 0 Å². The first kappa shape index (κ1) is 19.7. The lowest BCUT2D eigenvalue weighted by Gasteiger charge is -2.25. The molecule has 1 N–H and O–H groups in total. The summed E-state index contributed by atoms with van der Waals surface area (Å²) in [6.45, 7) is 0.993. The molecule has 1 aromatic rings. The third kappa shape index (κ3) is 6.67. The Hall–Kier alpha value is -1.59. The second-order valence-electron chi connectivity index (χ2n) is 6.28. The van der Waals surface area contributed by atoms with Crippen LogP contribution >= 0.6 is 0 Å². The first-order valence-corrected chi connectivity index (χ1v) is 8.81. The van der Waals surface area contributed by atoms with Gasteiger partial charge in [-0.15, -0.1) is 0 Å². The van der Waals surface area contributed by atoms with Crippen LogP contribution < -0.4 is 5.32 Å². The van der Waals surface area contributed by atoms with Gasteiger partial charge in [0.1, 0.15) is 0 Å². The molecule has 138 valence electrons. The summed E-state index contributed by atoms with van der Waals surface area (Å²) >= 11 is 0. The number of hydrogen-bond donors (Lipinski definition) is 1. The Balaban J connectivity index is 1.93. The quantitative estimate of drug-likeness (QED) is 0.605. The van der Waals surface area contributed by atoms with Gasteiger partial charge in [-0.05, 0) is 38.4 Å². The summed E-state index contributed by atoms with van der Waals surface area (Å²) in [6.07, 6.45) is 3.56. The SMILES string of the molecule is CNCCCCCC(OC1C=CC(C(F)(F)F)=CC1)c1ccccc1. The number of hydrogen-bond acceptors (Lipinski definition) is 2. The van der Waals surface area contributed by atoms with Gasteiger partial charge in [0.2, 0.25) is 0 Å². The van der Waals surface area contributed by atoms with E-state index in [4.69, 9.17) is 4.74 Å². The average Bonchev–Trinajstić information content (AvgIpc) is 2.61. The van der Waals surface area contributed by atoms with E-state index in [0.717, 1.165) is 43.9 Å². The van der Waals surface area contributed by atoms with Crippen molar-refractivity contribution in [3.63, 3.8) is 0 Å². The number of alkyl halides is 3. The molecule has 0 aliphatic heterocycles. The molecular weight excluding hydrogens is 327 g/mol. The van der Waals surface area contributed by atoms with Gasteiger partial charge in [-0.1, -0.05) is 61.4 Å². The van der Waals surface area contributed by atoms with Gasteiger partial charge in [0.25, 0.3) is 0 Å². The van der Waals surface area contributed by atoms with E-state index in [0.29, 0.717) is 0 Å². The van der Waals surface area contributed by atoms with Crippen LogP contribution in [0.3, 0.4) is 0 Å². The molecule has 0 amide bonds. The topological polar surface area (TPSA) is 21.3 Å². The van der Waals surface area contributed by atoms with Gasteiger partial charge >= 0.3 is 6.18 Å². The van der Waals surface area contributed by atoms with Gasteiger partial charge in [-0.3, -0.25) is 0 Å². The van der Waals surface area contributed by atoms with Crippen molar-refractivity contribution in [1.29, 1.82) is 0 Å². The average molecular weight is 353 g/mol. The molecule has 0 bridgehead atoms. The first-order chi connectivity index (χ1) is 12.0. The van der Waals surface area contributed by atoms with Crippen molar-refractivity contribution >= 4 is 0 Å². The molecule has 2 unspecified atom stereocenters. The largest absolute Gasteiger partial charge is 0.416 e. The molecule has 0 saturated heterocycles. The summed E-state index contributed by atoms with van der Waals surface area (Å²) in [5.41, 5.74) is 0.491. The Bertz CT molecular complexity index is 566. The zero-order chi connectivity index (χ0) is 18.1. The van der Waals surface area contributed by atoms with Crippen molar-refractivity contribution in [3.8, 4) is 0 Å². The van der Waals surface area contributed by atoms with Gasteiger partial charge in [0, 0.05) is 0 Å². The zero-order valence-corrected chi connectivity index (χ0v) is 14.6. The van der Waals surface area contributed by atoms with Gasteiger partial charge < -0.3 is 10.1 Å². The fraction of sp³-hybridized carbons (Fsp3) is 0.500. The van der Waals surface area contributed by atoms with E-state index in [9.17, 15) is 13.2 Å². The lowest BCUT2D eigenvalue weighted by molar-refractivity contribution is -0.0893. The Morgan fingerprint density at radius 1 is 1.16 bits per heavy atom. The molecule has 5 heteroatoms. The van der Waals surface area contributed by atoms with Crippen LogP contribution in [0, 0.1) is 0 Å². The maximum absolute atomic E-state index is 12.7. The predicted octanol–water partition coefficient (Wildman–Crippen LogP) is 5.34. The van der Waals surface area contributed by atoms with Crippen LogP contribution in [-0.4, -0.2) is 25.9 Å². The van der Waals surface area contributed by atoms with Gasteiger partial charge in [-0.2, -0.15) is 13.2 Å². The Labute approximate surface area is 147 Å². The van der Waals surface area contributed by atoms with Crippen molar-refractivity contribution in [3.05, 3.63) is 59.7 Å². The smallest absolute Gasteiger partial charge is 0.366 e. The lowest BCUT2D eigenvalue weighted by Crippen LogP contribution is -2.19. The highest BCUT2D eigenvalue weighted by molar-refractivity contribution is 5.28. The van der Waals surface area contributed by atoms with Gasteiger partial charge in [0.05, 0.1) is 17.8 Å². The number of allylic oxidation sites excluding steroid dienone is 2. The summed E-state index contributed by atoms with van der Waals surface area (Å²) in [6, 6.07) is 9.91. The van der Waals surface area contributed by atoms with E-state index in [1.165, 1.54) is 12.2 Å². The van der Waals surface area contributed by atoms with Crippen LogP contribution in [-0.2, 0) is 4.74 Å². The monoisotopic (exact) mass is 353 g/mol. The molecule has 0 saturated carbocycles. The highest BCUT2D eigenvalue weighted by Gasteiger charge is 2.33. The molecule has 0 fully saturated rings. The molecule has 0 radical (unpaired) electrons. The number of nitrogens with one attached hydrogen (secondary N) is 1. The van der Waals surface area contributed by atoms with Gasteiger partial charge in [0.15, 0.2) is 0 Å². The van der Waals surface area contributed by atoms with Crippen molar-refractivity contribution in [2.45, 2.75) is 50.5 Å². The molecule has 2 rings (SSSR count). The maximum atomic E-state index is 12.7. The second kappa shape index (κ2) is 9.78. The highest BCUT2D eigenvalue weighted by Crippen LogP contribution is 2.32. The third-order valence-electron chi connectivity index (χ3n) is 4.29. The molecule has 2 nitrogen and oxygen atoms in total. The summed E-state index contributed by atoms with van der Waals surface area (Å²) in [5, 5.41) is 3.13. The number of rotatable bonds is 9. The minimum Gasteiger partial charge on any atom is -0.366 e. The fourth-order valence-corrected chi connectivity index (χ4v) is 2.91. The van der Waals surface area contributed by atoms with Crippen molar-refractivity contribution < 1.29 is 17.9 Å². The van der Waals surface area contributed by atoms with E-state index in [1.807, 2.05) is 37.4 Å². The van der Waals surface area contributed by atoms with E-state index >= 15 is 0 Å². The molecule has 1 aromatic carbocycles. The Morgan fingerprint density at radius 2 is 1.92 bits per heavy atom. The molecule has 1 aliphatic carbocycles. The normalized spacial score (nSPS) is 18.9. The third-order valence-corrected chi connectivity index (χ3v) is 4.29. The number of unbranched alkanes of at least 4 members (excludes halogenated alkanes) is 2. The summed E-state index contributed by atoms with van der Waals surface area (Å²) < 4.78 is 44.2. The minimum absolute atomic E-state index is 0.0914. The highest BCUT2D eigenvalue weighted by atomic mass is 19.4. The molecular formula is C20H26F3NO. The molecule has 0 spiro atoms. The molecule has 2 atom stereocenters. The first-order valence-electron chi connectivity index (χ1n) is 8.81. The van der Waals surface area contributed by atoms with Crippen LogP contribution in [0.4, 0.5) is 13.2 Å². The second-order valence-corrected chi connectivity index (χ2v) is 6.28. The van der Waals surface area contributed by atoms with Crippen molar-refractivity contribution in [2.75, 3.05) is 13.6 Å². The maximum Gasteiger partial charge on any atom is 0.416 e. The van der Waals surface area contributed by atoms with E-state index in [2.05, 4.69) is 5.32 Å². The van der Waals surface area contributed by atoms with Crippen LogP contribution in [0.5, 0.6) is 0 Å². The van der Waals surface area contributed by atoms with Crippen LogP contribution in [0.15, 0.2) is 54.1 Å². The zero-order valence-electron chi connectivity index (χ0n) is 14.6. The Morgan fingerprint density at radius 3 is 2.52 bits per heavy atom. The van der Waals surface area contributed by atoms with Crippen LogP contribution in [0.25, 0.3) is 0 Å². The van der Waals surface area contributed by atoms with Crippen molar-refractivity contribution in [2.24, 2.45) is 0 Å².